The van der Waals surface area contributed by atoms with Gasteiger partial charge in [0.2, 0.25) is 0 Å². The molecule has 0 atom stereocenters. The summed E-state index contributed by atoms with van der Waals surface area (Å²) in [5, 5.41) is 7.72. The van der Waals surface area contributed by atoms with Crippen LogP contribution in [0.15, 0.2) is 253 Å². The van der Waals surface area contributed by atoms with Gasteiger partial charge in [0.1, 0.15) is 5.58 Å². The standard InChI is InChI=1S/C63H47NOSi/c1-63(2)58-42-46(44-34-38-52(39-35-44)66(49-24-12-5-13-25-49,50-26-14-6-15-27-50)51-28-16-7-17-29-51)36-40-54(58)55-41-37-48(43-59(55)63)64(47-22-10-4-11-23-47)60-33-19-32-57-56-31-18-30-53(61(56)65-62(57)60)45-20-8-3-9-21-45/h3-43H,1-2H3. The van der Waals surface area contributed by atoms with E-state index >= 15 is 0 Å². The lowest BCUT2D eigenvalue weighted by Crippen LogP contribution is -2.74. The molecule has 1 aliphatic rings. The molecule has 1 aromatic heterocycles. The Morgan fingerprint density at radius 1 is 0.348 bits per heavy atom. The lowest BCUT2D eigenvalue weighted by molar-refractivity contribution is 0.660. The molecule has 0 N–H and O–H groups in total. The van der Waals surface area contributed by atoms with Crippen LogP contribution < -0.4 is 25.6 Å². The highest BCUT2D eigenvalue weighted by molar-refractivity contribution is 7.19. The summed E-state index contributed by atoms with van der Waals surface area (Å²) in [5.41, 5.74) is 14.6. The van der Waals surface area contributed by atoms with E-state index in [1.54, 1.807) is 0 Å². The zero-order valence-electron chi connectivity index (χ0n) is 37.0. The quantitative estimate of drug-likeness (QED) is 0.106. The van der Waals surface area contributed by atoms with E-state index in [0.29, 0.717) is 0 Å². The van der Waals surface area contributed by atoms with Crippen molar-refractivity contribution in [1.82, 2.24) is 0 Å². The minimum absolute atomic E-state index is 0.245. The third kappa shape index (κ3) is 6.30. The predicted molar refractivity (Wildman–Crippen MR) is 280 cm³/mol. The van der Waals surface area contributed by atoms with Crippen molar-refractivity contribution in [2.75, 3.05) is 4.90 Å². The Bertz CT molecular complexity index is 3430. The molecule has 0 spiro atoms. The van der Waals surface area contributed by atoms with E-state index in [9.17, 15) is 0 Å². The second-order valence-electron chi connectivity index (χ2n) is 18.0. The van der Waals surface area contributed by atoms with Gasteiger partial charge in [-0.15, -0.1) is 0 Å². The van der Waals surface area contributed by atoms with Gasteiger partial charge in [-0.05, 0) is 96.1 Å². The number of para-hydroxylation sites is 3. The van der Waals surface area contributed by atoms with Crippen LogP contribution in [0.2, 0.25) is 0 Å². The van der Waals surface area contributed by atoms with Crippen molar-refractivity contribution in [2.24, 2.45) is 0 Å². The first-order chi connectivity index (χ1) is 32.5. The van der Waals surface area contributed by atoms with Gasteiger partial charge in [0, 0.05) is 33.1 Å². The molecule has 11 aromatic rings. The molecule has 0 bridgehead atoms. The van der Waals surface area contributed by atoms with Gasteiger partial charge in [0.25, 0.3) is 0 Å². The molecule has 0 unspecified atom stereocenters. The Kier molecular flexibility index (Phi) is 9.55. The summed E-state index contributed by atoms with van der Waals surface area (Å²) in [6.07, 6.45) is 0. The summed E-state index contributed by atoms with van der Waals surface area (Å²) >= 11 is 0. The number of fused-ring (bicyclic) bond motifs is 6. The molecule has 2 nitrogen and oxygen atoms in total. The van der Waals surface area contributed by atoms with Crippen LogP contribution in [0.4, 0.5) is 17.1 Å². The number of hydrogen-bond acceptors (Lipinski definition) is 2. The molecule has 3 heteroatoms. The minimum Gasteiger partial charge on any atom is -0.453 e. The van der Waals surface area contributed by atoms with Crippen molar-refractivity contribution in [3.8, 4) is 33.4 Å². The number of benzene rings is 10. The molecule has 0 aliphatic heterocycles. The number of rotatable bonds is 9. The van der Waals surface area contributed by atoms with E-state index in [1.165, 1.54) is 54.1 Å². The van der Waals surface area contributed by atoms with Crippen molar-refractivity contribution >= 4 is 67.8 Å². The van der Waals surface area contributed by atoms with Crippen LogP contribution in [0.3, 0.4) is 0 Å². The Morgan fingerprint density at radius 2 is 0.833 bits per heavy atom. The van der Waals surface area contributed by atoms with Crippen LogP contribution >= 0.6 is 0 Å². The maximum Gasteiger partial charge on any atom is 0.179 e. The van der Waals surface area contributed by atoms with Crippen LogP contribution in [0.1, 0.15) is 25.0 Å². The molecule has 0 saturated carbocycles. The summed E-state index contributed by atoms with van der Waals surface area (Å²) in [6.45, 7) is 4.76. The van der Waals surface area contributed by atoms with Gasteiger partial charge in [0.05, 0.1) is 5.69 Å². The van der Waals surface area contributed by atoms with Crippen LogP contribution in [-0.2, 0) is 5.41 Å². The molecular weight excluding hydrogens is 815 g/mol. The van der Waals surface area contributed by atoms with E-state index in [-0.39, 0.29) is 5.41 Å². The van der Waals surface area contributed by atoms with E-state index in [2.05, 4.69) is 267 Å². The lowest BCUT2D eigenvalue weighted by atomic mass is 9.81. The van der Waals surface area contributed by atoms with Crippen molar-refractivity contribution in [1.29, 1.82) is 0 Å². The third-order valence-corrected chi connectivity index (χ3v) is 18.8. The number of anilines is 3. The fraction of sp³-hybridized carbons (Fsp3) is 0.0476. The molecule has 1 aliphatic carbocycles. The number of furan rings is 1. The maximum absolute atomic E-state index is 6.99. The molecule has 0 saturated heterocycles. The van der Waals surface area contributed by atoms with Crippen molar-refractivity contribution in [2.45, 2.75) is 19.3 Å². The van der Waals surface area contributed by atoms with E-state index in [1.807, 2.05) is 0 Å². The van der Waals surface area contributed by atoms with E-state index in [0.717, 1.165) is 50.1 Å². The van der Waals surface area contributed by atoms with Gasteiger partial charge in [-0.3, -0.25) is 0 Å². The van der Waals surface area contributed by atoms with Gasteiger partial charge < -0.3 is 9.32 Å². The summed E-state index contributed by atoms with van der Waals surface area (Å²) in [5.74, 6) is 0. The molecule has 0 amide bonds. The molecule has 66 heavy (non-hydrogen) atoms. The average Bonchev–Trinajstić information content (AvgIpc) is 3.88. The van der Waals surface area contributed by atoms with Crippen molar-refractivity contribution in [3.05, 3.63) is 260 Å². The first kappa shape index (κ1) is 39.6. The summed E-state index contributed by atoms with van der Waals surface area (Å²) in [6, 6.07) is 91.3. The van der Waals surface area contributed by atoms with Crippen LogP contribution in [0, 0.1) is 0 Å². The molecule has 10 aromatic carbocycles. The second kappa shape index (κ2) is 15.9. The van der Waals surface area contributed by atoms with Gasteiger partial charge in [-0.25, -0.2) is 0 Å². The smallest absolute Gasteiger partial charge is 0.179 e. The minimum atomic E-state index is -2.62. The predicted octanol–water partition coefficient (Wildman–Crippen LogP) is 14.1. The second-order valence-corrected chi connectivity index (χ2v) is 21.8. The van der Waals surface area contributed by atoms with Gasteiger partial charge in [-0.1, -0.05) is 226 Å². The third-order valence-electron chi connectivity index (χ3n) is 14.0. The summed E-state index contributed by atoms with van der Waals surface area (Å²) < 4.78 is 6.99. The SMILES string of the molecule is CC1(C)c2cc(-c3ccc([Si](c4ccccc4)(c4ccccc4)c4ccccc4)cc3)ccc2-c2ccc(N(c3ccccc3)c3cccc4c3oc3c(-c5ccccc5)cccc34)cc21. The van der Waals surface area contributed by atoms with Gasteiger partial charge in [-0.2, -0.15) is 0 Å². The lowest BCUT2D eigenvalue weighted by Gasteiger charge is -2.34. The summed E-state index contributed by atoms with van der Waals surface area (Å²) in [4.78, 5) is 2.36. The Labute approximate surface area is 387 Å². The normalized spacial score (nSPS) is 12.8. The zero-order chi connectivity index (χ0) is 44.2. The molecular formula is C63H47NOSi. The van der Waals surface area contributed by atoms with Gasteiger partial charge >= 0.3 is 0 Å². The highest BCUT2D eigenvalue weighted by Gasteiger charge is 2.41. The Morgan fingerprint density at radius 3 is 1.44 bits per heavy atom. The monoisotopic (exact) mass is 861 g/mol. The zero-order valence-corrected chi connectivity index (χ0v) is 38.0. The van der Waals surface area contributed by atoms with Gasteiger partial charge in [0.15, 0.2) is 13.7 Å². The van der Waals surface area contributed by atoms with Crippen molar-refractivity contribution < 1.29 is 4.42 Å². The van der Waals surface area contributed by atoms with Crippen LogP contribution in [-0.4, -0.2) is 8.07 Å². The topological polar surface area (TPSA) is 16.4 Å². The number of hydrogen-bond donors (Lipinski definition) is 0. The largest absolute Gasteiger partial charge is 0.453 e. The Balaban J connectivity index is 0.940. The molecule has 314 valence electrons. The highest BCUT2D eigenvalue weighted by atomic mass is 28.3. The number of nitrogens with zero attached hydrogens (tertiary/aromatic N) is 1. The average molecular weight is 862 g/mol. The molecule has 1 heterocycles. The fourth-order valence-corrected chi connectivity index (χ4v) is 15.6. The van der Waals surface area contributed by atoms with Crippen LogP contribution in [0.5, 0.6) is 0 Å². The van der Waals surface area contributed by atoms with Crippen LogP contribution in [0.25, 0.3) is 55.3 Å². The molecule has 12 rings (SSSR count). The van der Waals surface area contributed by atoms with E-state index < -0.39 is 8.07 Å². The fourth-order valence-electron chi connectivity index (χ4n) is 10.9. The highest BCUT2D eigenvalue weighted by Crippen LogP contribution is 2.52. The maximum atomic E-state index is 6.99. The molecule has 0 fully saturated rings. The molecule has 0 radical (unpaired) electrons. The first-order valence-corrected chi connectivity index (χ1v) is 24.9. The van der Waals surface area contributed by atoms with Crippen molar-refractivity contribution in [3.63, 3.8) is 0 Å². The first-order valence-electron chi connectivity index (χ1n) is 22.9. The summed E-state index contributed by atoms with van der Waals surface area (Å²) in [7, 11) is -2.62. The van der Waals surface area contributed by atoms with E-state index in [4.69, 9.17) is 4.42 Å². The Hall–Kier alpha value is -7.98.